The van der Waals surface area contributed by atoms with E-state index in [4.69, 9.17) is 4.74 Å². The molecule has 0 radical (unpaired) electrons. The summed E-state index contributed by atoms with van der Waals surface area (Å²) in [6.07, 6.45) is 1.89. The zero-order chi connectivity index (χ0) is 15.8. The number of aryl methyl sites for hydroxylation is 1. The van der Waals surface area contributed by atoms with Gasteiger partial charge in [0.05, 0.1) is 18.5 Å². The molecule has 1 heterocycles. The molecule has 0 unspecified atom stereocenters. The van der Waals surface area contributed by atoms with Crippen molar-refractivity contribution in [3.05, 3.63) is 17.5 Å². The van der Waals surface area contributed by atoms with Gasteiger partial charge in [-0.1, -0.05) is 0 Å². The molecule has 0 aromatic carbocycles. The number of hydrogen-bond acceptors (Lipinski definition) is 5. The van der Waals surface area contributed by atoms with Crippen LogP contribution in [0.5, 0.6) is 0 Å². The maximum atomic E-state index is 11.8. The molecule has 1 aromatic heterocycles. The van der Waals surface area contributed by atoms with Crippen molar-refractivity contribution in [2.45, 2.75) is 39.8 Å². The molecule has 118 valence electrons. The molecule has 0 saturated heterocycles. The number of nitrogens with one attached hydrogen (secondary N) is 2. The highest BCUT2D eigenvalue weighted by Gasteiger charge is 2.16. The van der Waals surface area contributed by atoms with Gasteiger partial charge in [0.2, 0.25) is 5.91 Å². The van der Waals surface area contributed by atoms with Crippen LogP contribution < -0.4 is 10.6 Å². The molecule has 0 spiro atoms. The minimum Gasteiger partial charge on any atom is -0.462 e. The van der Waals surface area contributed by atoms with Gasteiger partial charge in [0, 0.05) is 32.6 Å². The normalized spacial score (nSPS) is 10.7. The Kier molecular flexibility index (Phi) is 6.87. The smallest absolute Gasteiger partial charge is 0.341 e. The second kappa shape index (κ2) is 8.41. The van der Waals surface area contributed by atoms with Gasteiger partial charge in [0.25, 0.3) is 0 Å². The SMILES string of the molecule is CCOC(=O)c1cnn(C)c1CNCCC(=O)NC(C)C. The topological polar surface area (TPSA) is 85.2 Å². The molecular formula is C14H24N4O3. The lowest BCUT2D eigenvalue weighted by molar-refractivity contribution is -0.121. The summed E-state index contributed by atoms with van der Waals surface area (Å²) in [5.41, 5.74) is 1.20. The van der Waals surface area contributed by atoms with Crippen LogP contribution in [0, 0.1) is 0 Å². The maximum absolute atomic E-state index is 11.8. The minimum atomic E-state index is -0.375. The van der Waals surface area contributed by atoms with Gasteiger partial charge in [-0.05, 0) is 20.8 Å². The number of esters is 1. The zero-order valence-corrected chi connectivity index (χ0v) is 13.1. The highest BCUT2D eigenvalue weighted by Crippen LogP contribution is 2.09. The van der Waals surface area contributed by atoms with Crippen LogP contribution in [-0.4, -0.2) is 40.9 Å². The Balaban J connectivity index is 2.47. The second-order valence-corrected chi connectivity index (χ2v) is 5.00. The minimum absolute atomic E-state index is 0.00752. The van der Waals surface area contributed by atoms with Crippen LogP contribution in [0.4, 0.5) is 0 Å². The number of carbonyl (C=O) groups is 2. The first kappa shape index (κ1) is 17.2. The van der Waals surface area contributed by atoms with Crippen LogP contribution in [-0.2, 0) is 23.1 Å². The summed E-state index contributed by atoms with van der Waals surface area (Å²) in [5.74, 6) is -0.368. The van der Waals surface area contributed by atoms with E-state index in [2.05, 4.69) is 15.7 Å². The summed E-state index contributed by atoms with van der Waals surface area (Å²) in [6, 6.07) is 0.144. The predicted octanol–water partition coefficient (Wildman–Crippen LogP) is 0.601. The van der Waals surface area contributed by atoms with Crippen LogP contribution in [0.15, 0.2) is 6.20 Å². The van der Waals surface area contributed by atoms with Gasteiger partial charge in [-0.2, -0.15) is 5.10 Å². The Bertz CT molecular complexity index is 483. The molecular weight excluding hydrogens is 272 g/mol. The molecule has 1 aromatic rings. The van der Waals surface area contributed by atoms with E-state index in [1.54, 1.807) is 18.7 Å². The molecule has 0 aliphatic rings. The number of nitrogens with zero attached hydrogens (tertiary/aromatic N) is 2. The number of rotatable bonds is 8. The van der Waals surface area contributed by atoms with E-state index in [1.807, 2.05) is 13.8 Å². The first-order valence-corrected chi connectivity index (χ1v) is 7.13. The molecule has 7 nitrogen and oxygen atoms in total. The van der Waals surface area contributed by atoms with Crippen molar-refractivity contribution in [1.82, 2.24) is 20.4 Å². The van der Waals surface area contributed by atoms with E-state index in [-0.39, 0.29) is 17.9 Å². The van der Waals surface area contributed by atoms with E-state index < -0.39 is 0 Å². The molecule has 21 heavy (non-hydrogen) atoms. The second-order valence-electron chi connectivity index (χ2n) is 5.00. The van der Waals surface area contributed by atoms with Crippen molar-refractivity contribution in [2.24, 2.45) is 7.05 Å². The Morgan fingerprint density at radius 3 is 2.76 bits per heavy atom. The Labute approximate surface area is 125 Å². The summed E-state index contributed by atoms with van der Waals surface area (Å²) in [5, 5.41) is 10.0. The molecule has 1 rings (SSSR count). The lowest BCUT2D eigenvalue weighted by atomic mass is 10.2. The van der Waals surface area contributed by atoms with E-state index in [9.17, 15) is 9.59 Å². The van der Waals surface area contributed by atoms with E-state index >= 15 is 0 Å². The third kappa shape index (κ3) is 5.55. The van der Waals surface area contributed by atoms with E-state index in [0.29, 0.717) is 31.7 Å². The van der Waals surface area contributed by atoms with E-state index in [0.717, 1.165) is 5.69 Å². The van der Waals surface area contributed by atoms with Gasteiger partial charge in [-0.3, -0.25) is 9.48 Å². The van der Waals surface area contributed by atoms with Crippen molar-refractivity contribution in [3.8, 4) is 0 Å². The van der Waals surface area contributed by atoms with Crippen molar-refractivity contribution in [1.29, 1.82) is 0 Å². The fourth-order valence-electron chi connectivity index (χ4n) is 1.85. The summed E-state index contributed by atoms with van der Waals surface area (Å²) in [4.78, 5) is 23.3. The molecule has 0 fully saturated rings. The van der Waals surface area contributed by atoms with Gasteiger partial charge in [-0.15, -0.1) is 0 Å². The number of hydrogen-bond donors (Lipinski definition) is 2. The molecule has 0 atom stereocenters. The quantitative estimate of drug-likeness (QED) is 0.542. The summed E-state index contributed by atoms with van der Waals surface area (Å²) >= 11 is 0. The lowest BCUT2D eigenvalue weighted by Crippen LogP contribution is -2.32. The van der Waals surface area contributed by atoms with Crippen molar-refractivity contribution in [2.75, 3.05) is 13.2 Å². The third-order valence-corrected chi connectivity index (χ3v) is 2.83. The average Bonchev–Trinajstić information content (AvgIpc) is 2.75. The molecule has 0 aliphatic carbocycles. The van der Waals surface area contributed by atoms with Crippen LogP contribution in [0.3, 0.4) is 0 Å². The van der Waals surface area contributed by atoms with Gasteiger partial charge in [0.1, 0.15) is 5.56 Å². The third-order valence-electron chi connectivity index (χ3n) is 2.83. The molecule has 7 heteroatoms. The van der Waals surface area contributed by atoms with Gasteiger partial charge < -0.3 is 15.4 Å². The Morgan fingerprint density at radius 2 is 2.14 bits per heavy atom. The fourth-order valence-corrected chi connectivity index (χ4v) is 1.85. The van der Waals surface area contributed by atoms with Crippen molar-refractivity contribution in [3.63, 3.8) is 0 Å². The van der Waals surface area contributed by atoms with Crippen molar-refractivity contribution >= 4 is 11.9 Å². The first-order chi connectivity index (χ1) is 9.95. The fraction of sp³-hybridized carbons (Fsp3) is 0.643. The Morgan fingerprint density at radius 1 is 1.43 bits per heavy atom. The van der Waals surface area contributed by atoms with Crippen LogP contribution in [0.1, 0.15) is 43.2 Å². The summed E-state index contributed by atoms with van der Waals surface area (Å²) in [7, 11) is 1.77. The average molecular weight is 296 g/mol. The predicted molar refractivity (Wildman–Crippen MR) is 78.8 cm³/mol. The Hall–Kier alpha value is -1.89. The zero-order valence-electron chi connectivity index (χ0n) is 13.1. The number of carbonyl (C=O) groups excluding carboxylic acids is 2. The highest BCUT2D eigenvalue weighted by atomic mass is 16.5. The summed E-state index contributed by atoms with van der Waals surface area (Å²) < 4.78 is 6.62. The largest absolute Gasteiger partial charge is 0.462 e. The van der Waals surface area contributed by atoms with Crippen molar-refractivity contribution < 1.29 is 14.3 Å². The van der Waals surface area contributed by atoms with Gasteiger partial charge in [-0.25, -0.2) is 4.79 Å². The molecule has 1 amide bonds. The highest BCUT2D eigenvalue weighted by molar-refractivity contribution is 5.90. The van der Waals surface area contributed by atoms with Crippen LogP contribution >= 0.6 is 0 Å². The lowest BCUT2D eigenvalue weighted by Gasteiger charge is -2.10. The van der Waals surface area contributed by atoms with Gasteiger partial charge in [0.15, 0.2) is 0 Å². The van der Waals surface area contributed by atoms with Crippen LogP contribution in [0.25, 0.3) is 0 Å². The number of amides is 1. The van der Waals surface area contributed by atoms with E-state index in [1.165, 1.54) is 6.20 Å². The number of ether oxygens (including phenoxy) is 1. The summed E-state index contributed by atoms with van der Waals surface area (Å²) in [6.45, 7) is 6.93. The molecule has 0 saturated carbocycles. The van der Waals surface area contributed by atoms with Gasteiger partial charge >= 0.3 is 5.97 Å². The van der Waals surface area contributed by atoms with Crippen LogP contribution in [0.2, 0.25) is 0 Å². The molecule has 2 N–H and O–H groups in total. The standard InChI is InChI=1S/C14H24N4O3/c1-5-21-14(20)11-8-16-18(4)12(11)9-15-7-6-13(19)17-10(2)3/h8,10,15H,5-7,9H2,1-4H3,(H,17,19). The monoisotopic (exact) mass is 296 g/mol. The molecule has 0 bridgehead atoms. The molecule has 0 aliphatic heterocycles. The maximum Gasteiger partial charge on any atom is 0.341 e. The number of aromatic nitrogens is 2. The first-order valence-electron chi connectivity index (χ1n) is 7.13.